The molecule has 0 spiro atoms. The van der Waals surface area contributed by atoms with E-state index in [1.165, 1.54) is 5.56 Å². The molecule has 0 aromatic heterocycles. The van der Waals surface area contributed by atoms with Gasteiger partial charge in [-0.15, -0.1) is 0 Å². The Bertz CT molecular complexity index is 506. The van der Waals surface area contributed by atoms with Crippen molar-refractivity contribution in [2.45, 2.75) is 71.1 Å². The summed E-state index contributed by atoms with van der Waals surface area (Å²) in [5.74, 6) is 0. The van der Waals surface area contributed by atoms with Gasteiger partial charge in [-0.1, -0.05) is 30.3 Å². The minimum absolute atomic E-state index is 0.177. The first-order valence-electron chi connectivity index (χ1n) is 9.12. The second-order valence-corrected chi connectivity index (χ2v) is 7.78. The lowest BCUT2D eigenvalue weighted by atomic mass is 10.1. The molecule has 0 heterocycles. The van der Waals surface area contributed by atoms with E-state index in [9.17, 15) is 4.79 Å². The van der Waals surface area contributed by atoms with E-state index in [2.05, 4.69) is 36.5 Å². The number of ether oxygens (including phenoxy) is 1. The van der Waals surface area contributed by atoms with Gasteiger partial charge in [-0.2, -0.15) is 0 Å². The van der Waals surface area contributed by atoms with Gasteiger partial charge >= 0.3 is 6.09 Å². The van der Waals surface area contributed by atoms with Crippen molar-refractivity contribution in [3.8, 4) is 0 Å². The molecular weight excluding hydrogens is 300 g/mol. The Morgan fingerprint density at radius 2 is 1.96 bits per heavy atom. The van der Waals surface area contributed by atoms with Crippen molar-refractivity contribution in [1.82, 2.24) is 10.2 Å². The van der Waals surface area contributed by atoms with Crippen molar-refractivity contribution < 1.29 is 9.53 Å². The lowest BCUT2D eigenvalue weighted by molar-refractivity contribution is 0.0234. The van der Waals surface area contributed by atoms with Crippen LogP contribution in [0, 0.1) is 0 Å². The van der Waals surface area contributed by atoms with Crippen molar-refractivity contribution in [1.29, 1.82) is 0 Å². The number of carbonyl (C=O) groups excluding carboxylic acids is 1. The van der Waals surface area contributed by atoms with E-state index < -0.39 is 5.60 Å². The summed E-state index contributed by atoms with van der Waals surface area (Å²) in [6.07, 6.45) is 4.20. The van der Waals surface area contributed by atoms with E-state index in [1.54, 1.807) is 0 Å². The minimum atomic E-state index is -0.430. The number of aryl methyl sites for hydroxylation is 1. The maximum Gasteiger partial charge on any atom is 0.410 e. The number of hydrogen-bond donors (Lipinski definition) is 1. The third-order valence-corrected chi connectivity index (χ3v) is 4.17. The number of nitrogens with one attached hydrogen (secondary N) is 1. The second kappa shape index (κ2) is 8.52. The summed E-state index contributed by atoms with van der Waals surface area (Å²) in [4.78, 5) is 14.2. The van der Waals surface area contributed by atoms with Gasteiger partial charge in [0, 0.05) is 25.2 Å². The highest BCUT2D eigenvalue weighted by Crippen LogP contribution is 2.28. The Morgan fingerprint density at radius 1 is 1.29 bits per heavy atom. The van der Waals surface area contributed by atoms with Crippen LogP contribution in [0.4, 0.5) is 4.79 Å². The quantitative estimate of drug-likeness (QED) is 0.782. The number of benzene rings is 1. The Hall–Kier alpha value is -1.55. The van der Waals surface area contributed by atoms with E-state index in [-0.39, 0.29) is 6.09 Å². The minimum Gasteiger partial charge on any atom is -0.444 e. The van der Waals surface area contributed by atoms with Crippen LogP contribution in [0.2, 0.25) is 0 Å². The summed E-state index contributed by atoms with van der Waals surface area (Å²) >= 11 is 0. The number of hydrogen-bond acceptors (Lipinski definition) is 3. The van der Waals surface area contributed by atoms with E-state index in [4.69, 9.17) is 4.74 Å². The number of rotatable bonds is 8. The molecule has 1 N–H and O–H groups in total. The van der Waals surface area contributed by atoms with Crippen molar-refractivity contribution in [2.75, 3.05) is 13.1 Å². The first kappa shape index (κ1) is 18.8. The van der Waals surface area contributed by atoms with Crippen LogP contribution in [0.5, 0.6) is 0 Å². The molecule has 1 aliphatic rings. The maximum atomic E-state index is 12.3. The summed E-state index contributed by atoms with van der Waals surface area (Å²) in [6, 6.07) is 11.4. The first-order valence-corrected chi connectivity index (χ1v) is 9.12. The van der Waals surface area contributed by atoms with Crippen molar-refractivity contribution >= 4 is 6.09 Å². The van der Waals surface area contributed by atoms with E-state index >= 15 is 0 Å². The molecule has 0 aliphatic heterocycles. The van der Waals surface area contributed by atoms with E-state index in [0.29, 0.717) is 12.1 Å². The van der Waals surface area contributed by atoms with Crippen LogP contribution in [-0.4, -0.2) is 41.8 Å². The highest BCUT2D eigenvalue weighted by atomic mass is 16.6. The second-order valence-electron chi connectivity index (χ2n) is 7.78. The lowest BCUT2D eigenvalue weighted by Gasteiger charge is -2.28. The van der Waals surface area contributed by atoms with Crippen LogP contribution in [-0.2, 0) is 11.2 Å². The monoisotopic (exact) mass is 332 g/mol. The smallest absolute Gasteiger partial charge is 0.410 e. The lowest BCUT2D eigenvalue weighted by Crippen LogP contribution is -2.43. The van der Waals surface area contributed by atoms with Crippen LogP contribution in [0.15, 0.2) is 30.3 Å². The Kier molecular flexibility index (Phi) is 6.67. The Balaban J connectivity index is 1.69. The molecule has 4 nitrogen and oxygen atoms in total. The summed E-state index contributed by atoms with van der Waals surface area (Å²) < 4.78 is 5.52. The zero-order chi connectivity index (χ0) is 17.6. The van der Waals surface area contributed by atoms with Crippen molar-refractivity contribution in [3.05, 3.63) is 35.9 Å². The average Bonchev–Trinajstić information content (AvgIpc) is 3.33. The molecule has 1 amide bonds. The fourth-order valence-electron chi connectivity index (χ4n) is 2.69. The van der Waals surface area contributed by atoms with Gasteiger partial charge < -0.3 is 15.0 Å². The van der Waals surface area contributed by atoms with Gasteiger partial charge in [0.25, 0.3) is 0 Å². The van der Waals surface area contributed by atoms with Gasteiger partial charge in [-0.25, -0.2) is 4.79 Å². The molecule has 1 saturated carbocycles. The number of carbonyl (C=O) groups is 1. The van der Waals surface area contributed by atoms with Crippen LogP contribution in [0.1, 0.15) is 52.5 Å². The maximum absolute atomic E-state index is 12.3. The highest BCUT2D eigenvalue weighted by Gasteiger charge is 2.34. The number of nitrogens with zero attached hydrogens (tertiary/aromatic N) is 1. The van der Waals surface area contributed by atoms with Crippen LogP contribution >= 0.6 is 0 Å². The molecule has 1 aliphatic carbocycles. The summed E-state index contributed by atoms with van der Waals surface area (Å²) in [7, 11) is 0. The summed E-state index contributed by atoms with van der Waals surface area (Å²) in [5.41, 5.74) is 0.945. The first-order chi connectivity index (χ1) is 11.3. The topological polar surface area (TPSA) is 41.6 Å². The highest BCUT2D eigenvalue weighted by molar-refractivity contribution is 5.69. The van der Waals surface area contributed by atoms with Gasteiger partial charge in [-0.05, 0) is 58.9 Å². The van der Waals surface area contributed by atoms with Crippen LogP contribution in [0.25, 0.3) is 0 Å². The summed E-state index contributed by atoms with van der Waals surface area (Å²) in [6.45, 7) is 9.48. The molecule has 4 heteroatoms. The predicted octanol–water partition coefficient (Wildman–Crippen LogP) is 4.00. The number of amides is 1. The molecule has 0 bridgehead atoms. The molecule has 1 aromatic rings. The third kappa shape index (κ3) is 6.91. The molecule has 0 radical (unpaired) electrons. The molecule has 0 saturated heterocycles. The fraction of sp³-hybridized carbons (Fsp3) is 0.650. The normalized spacial score (nSPS) is 15.8. The van der Waals surface area contributed by atoms with Gasteiger partial charge in [0.05, 0.1) is 0 Å². The van der Waals surface area contributed by atoms with Crippen LogP contribution in [0.3, 0.4) is 0 Å². The van der Waals surface area contributed by atoms with Gasteiger partial charge in [-0.3, -0.25) is 0 Å². The zero-order valence-electron chi connectivity index (χ0n) is 15.5. The van der Waals surface area contributed by atoms with Crippen molar-refractivity contribution in [2.24, 2.45) is 0 Å². The van der Waals surface area contributed by atoms with Crippen molar-refractivity contribution in [3.63, 3.8) is 0 Å². The largest absolute Gasteiger partial charge is 0.444 e. The Morgan fingerprint density at radius 3 is 2.54 bits per heavy atom. The zero-order valence-corrected chi connectivity index (χ0v) is 15.5. The SMILES string of the molecule is CC(CCc1ccccc1)NCCN(C(=O)OC(C)(C)C)C1CC1. The van der Waals surface area contributed by atoms with Gasteiger partial charge in [0.15, 0.2) is 0 Å². The standard InChI is InChI=1S/C20H32N2O2/c1-16(10-11-17-8-6-5-7-9-17)21-14-15-22(18-12-13-18)19(23)24-20(2,3)4/h5-9,16,18,21H,10-15H2,1-4H3. The fourth-order valence-corrected chi connectivity index (χ4v) is 2.69. The summed E-state index contributed by atoms with van der Waals surface area (Å²) in [5, 5.41) is 3.53. The molecule has 1 aromatic carbocycles. The van der Waals surface area contributed by atoms with Gasteiger partial charge in [0.1, 0.15) is 5.60 Å². The molecule has 134 valence electrons. The molecule has 2 rings (SSSR count). The Labute approximate surface area is 146 Å². The molecular formula is C20H32N2O2. The molecule has 24 heavy (non-hydrogen) atoms. The third-order valence-electron chi connectivity index (χ3n) is 4.17. The van der Waals surface area contributed by atoms with Gasteiger partial charge in [0.2, 0.25) is 0 Å². The van der Waals surface area contributed by atoms with Crippen LogP contribution < -0.4 is 5.32 Å². The van der Waals surface area contributed by atoms with E-state index in [0.717, 1.165) is 38.8 Å². The average molecular weight is 332 g/mol. The molecule has 1 unspecified atom stereocenters. The predicted molar refractivity (Wildman–Crippen MR) is 98.2 cm³/mol. The van der Waals surface area contributed by atoms with E-state index in [1.807, 2.05) is 31.7 Å². The molecule has 1 atom stereocenters. The molecule has 1 fully saturated rings.